The van der Waals surface area contributed by atoms with Crippen LogP contribution in [0.5, 0.6) is 5.75 Å². The molecule has 0 spiro atoms. The molecule has 1 amide bonds. The first-order valence-electron chi connectivity index (χ1n) is 10.9. The van der Waals surface area contributed by atoms with Gasteiger partial charge in [0.1, 0.15) is 10.8 Å². The molecule has 0 fully saturated rings. The second-order valence-corrected chi connectivity index (χ2v) is 10.0. The molecule has 2 aromatic carbocycles. The molecule has 0 atom stereocenters. The first-order valence-corrected chi connectivity index (χ1v) is 11.8. The van der Waals surface area contributed by atoms with Crippen LogP contribution in [0.15, 0.2) is 72.2 Å². The lowest BCUT2D eigenvalue weighted by molar-refractivity contribution is -0.121. The van der Waals surface area contributed by atoms with Crippen molar-refractivity contribution in [1.29, 1.82) is 0 Å². The second-order valence-electron chi connectivity index (χ2n) is 9.15. The number of aromatic nitrogens is 2. The quantitative estimate of drug-likeness (QED) is 0.373. The van der Waals surface area contributed by atoms with Crippen LogP contribution >= 0.6 is 11.3 Å². The molecule has 0 N–H and O–H groups in total. The van der Waals surface area contributed by atoms with Crippen molar-refractivity contribution in [1.82, 2.24) is 9.97 Å². The van der Waals surface area contributed by atoms with E-state index in [4.69, 9.17) is 9.72 Å². The van der Waals surface area contributed by atoms with E-state index >= 15 is 0 Å². The van der Waals surface area contributed by atoms with E-state index in [9.17, 15) is 4.79 Å². The van der Waals surface area contributed by atoms with Crippen molar-refractivity contribution in [3.05, 3.63) is 83.4 Å². The lowest BCUT2D eigenvalue weighted by Crippen LogP contribution is -2.38. The first-order chi connectivity index (χ1) is 15.9. The summed E-state index contributed by atoms with van der Waals surface area (Å²) in [7, 11) is 0. The maximum atomic E-state index is 12.8. The molecular weight excluding hydrogens is 430 g/mol. The average molecular weight is 456 g/mol. The van der Waals surface area contributed by atoms with Crippen molar-refractivity contribution in [3.8, 4) is 27.7 Å². The number of rotatable bonds is 4. The number of amides is 1. The third-order valence-corrected chi connectivity index (χ3v) is 6.61. The van der Waals surface area contributed by atoms with Gasteiger partial charge in [0.25, 0.3) is 5.91 Å². The van der Waals surface area contributed by atoms with E-state index in [-0.39, 0.29) is 17.9 Å². The molecule has 33 heavy (non-hydrogen) atoms. The van der Waals surface area contributed by atoms with Crippen LogP contribution in [0.3, 0.4) is 0 Å². The maximum absolute atomic E-state index is 12.8. The molecule has 0 unspecified atom stereocenters. The van der Waals surface area contributed by atoms with Gasteiger partial charge >= 0.3 is 0 Å². The predicted octanol–water partition coefficient (Wildman–Crippen LogP) is 6.10. The Bertz CT molecular complexity index is 1290. The summed E-state index contributed by atoms with van der Waals surface area (Å²) in [6, 6.07) is 20.2. The van der Waals surface area contributed by atoms with Crippen LogP contribution in [-0.4, -0.2) is 22.5 Å². The Morgan fingerprint density at radius 1 is 1.03 bits per heavy atom. The Morgan fingerprint density at radius 2 is 1.85 bits per heavy atom. The predicted molar refractivity (Wildman–Crippen MR) is 133 cm³/mol. The maximum Gasteiger partial charge on any atom is 0.265 e. The number of pyridine rings is 1. The molecule has 0 saturated heterocycles. The molecule has 3 heterocycles. The van der Waals surface area contributed by atoms with Gasteiger partial charge in [-0.3, -0.25) is 9.78 Å². The highest BCUT2D eigenvalue weighted by molar-refractivity contribution is 7.13. The van der Waals surface area contributed by atoms with E-state index in [2.05, 4.69) is 50.0 Å². The normalized spacial score (nSPS) is 13.5. The van der Waals surface area contributed by atoms with Gasteiger partial charge in [-0.05, 0) is 46.9 Å². The highest BCUT2D eigenvalue weighted by Crippen LogP contribution is 2.38. The molecule has 0 aliphatic carbocycles. The summed E-state index contributed by atoms with van der Waals surface area (Å²) in [6.45, 7) is 7.14. The Kier molecular flexibility index (Phi) is 5.46. The Hall–Kier alpha value is -3.51. The molecule has 0 saturated carbocycles. The summed E-state index contributed by atoms with van der Waals surface area (Å²) in [5.41, 5.74) is 5.88. The minimum atomic E-state index is -0.0491. The van der Waals surface area contributed by atoms with E-state index in [1.807, 2.05) is 41.8 Å². The summed E-state index contributed by atoms with van der Waals surface area (Å²) in [5, 5.41) is 2.89. The van der Waals surface area contributed by atoms with Gasteiger partial charge in [0, 0.05) is 17.1 Å². The SMILES string of the molecule is CC(C)(C)c1ccc(CN2C(=O)COc3ccc(-c4csc(-c5ccccn5)n4)cc32)cc1. The van der Waals surface area contributed by atoms with Gasteiger partial charge in [0.15, 0.2) is 6.61 Å². The number of anilines is 1. The fourth-order valence-corrected chi connectivity index (χ4v) is 4.65. The molecule has 5 rings (SSSR count). The van der Waals surface area contributed by atoms with E-state index < -0.39 is 0 Å². The molecule has 1 aliphatic heterocycles. The second kappa shape index (κ2) is 8.45. The van der Waals surface area contributed by atoms with Gasteiger partial charge in [-0.2, -0.15) is 0 Å². The largest absolute Gasteiger partial charge is 0.482 e. The summed E-state index contributed by atoms with van der Waals surface area (Å²) in [4.78, 5) is 23.8. The van der Waals surface area contributed by atoms with Crippen LogP contribution in [0.2, 0.25) is 0 Å². The Labute approximate surface area is 197 Å². The van der Waals surface area contributed by atoms with Gasteiger partial charge in [-0.25, -0.2) is 4.98 Å². The van der Waals surface area contributed by atoms with Crippen molar-refractivity contribution in [2.45, 2.75) is 32.7 Å². The number of thiazole rings is 1. The van der Waals surface area contributed by atoms with Crippen LogP contribution in [0.25, 0.3) is 22.0 Å². The Morgan fingerprint density at radius 3 is 2.58 bits per heavy atom. The number of hydrogen-bond acceptors (Lipinski definition) is 5. The van der Waals surface area contributed by atoms with Crippen LogP contribution in [-0.2, 0) is 16.8 Å². The molecule has 6 heteroatoms. The number of carbonyl (C=O) groups is 1. The van der Waals surface area contributed by atoms with Crippen LogP contribution in [0.4, 0.5) is 5.69 Å². The number of carbonyl (C=O) groups excluding carboxylic acids is 1. The topological polar surface area (TPSA) is 55.3 Å². The molecule has 166 valence electrons. The van der Waals surface area contributed by atoms with Crippen molar-refractivity contribution in [3.63, 3.8) is 0 Å². The van der Waals surface area contributed by atoms with Gasteiger partial charge in [0.2, 0.25) is 0 Å². The van der Waals surface area contributed by atoms with Crippen molar-refractivity contribution >= 4 is 22.9 Å². The lowest BCUT2D eigenvalue weighted by Gasteiger charge is -2.30. The third-order valence-electron chi connectivity index (χ3n) is 5.75. The van der Waals surface area contributed by atoms with E-state index in [1.165, 1.54) is 5.56 Å². The smallest absolute Gasteiger partial charge is 0.265 e. The minimum Gasteiger partial charge on any atom is -0.482 e. The van der Waals surface area contributed by atoms with Gasteiger partial charge < -0.3 is 9.64 Å². The van der Waals surface area contributed by atoms with Gasteiger partial charge in [0.05, 0.1) is 23.6 Å². The average Bonchev–Trinajstić information content (AvgIpc) is 3.31. The van der Waals surface area contributed by atoms with Gasteiger partial charge in [-0.15, -0.1) is 11.3 Å². The summed E-state index contributed by atoms with van der Waals surface area (Å²) in [6.07, 6.45) is 1.77. The summed E-state index contributed by atoms with van der Waals surface area (Å²) in [5.74, 6) is 0.664. The van der Waals surface area contributed by atoms with E-state index in [0.29, 0.717) is 12.3 Å². The van der Waals surface area contributed by atoms with Crippen LogP contribution in [0.1, 0.15) is 31.9 Å². The minimum absolute atomic E-state index is 0.0486. The highest BCUT2D eigenvalue weighted by atomic mass is 32.1. The zero-order chi connectivity index (χ0) is 23.0. The summed E-state index contributed by atoms with van der Waals surface area (Å²) >= 11 is 1.56. The Balaban J connectivity index is 1.45. The lowest BCUT2D eigenvalue weighted by atomic mass is 9.87. The first kappa shape index (κ1) is 21.3. The fraction of sp³-hybridized carbons (Fsp3) is 0.222. The monoisotopic (exact) mass is 455 g/mol. The molecule has 5 nitrogen and oxygen atoms in total. The fourth-order valence-electron chi connectivity index (χ4n) is 3.84. The van der Waals surface area contributed by atoms with Crippen LogP contribution in [0, 0.1) is 0 Å². The van der Waals surface area contributed by atoms with Crippen molar-refractivity contribution < 1.29 is 9.53 Å². The van der Waals surface area contributed by atoms with Crippen LogP contribution < -0.4 is 9.64 Å². The third kappa shape index (κ3) is 4.39. The molecule has 4 aromatic rings. The number of nitrogens with zero attached hydrogens (tertiary/aromatic N) is 3. The van der Waals surface area contributed by atoms with Crippen molar-refractivity contribution in [2.75, 3.05) is 11.5 Å². The van der Waals surface area contributed by atoms with E-state index in [0.717, 1.165) is 33.2 Å². The number of benzene rings is 2. The number of ether oxygens (including phenoxy) is 1. The number of hydrogen-bond donors (Lipinski definition) is 0. The van der Waals surface area contributed by atoms with Gasteiger partial charge in [-0.1, -0.05) is 51.1 Å². The molecule has 0 radical (unpaired) electrons. The molecule has 1 aliphatic rings. The van der Waals surface area contributed by atoms with Crippen molar-refractivity contribution in [2.24, 2.45) is 0 Å². The zero-order valence-electron chi connectivity index (χ0n) is 18.9. The highest BCUT2D eigenvalue weighted by Gasteiger charge is 2.26. The van der Waals surface area contributed by atoms with E-state index in [1.54, 1.807) is 22.4 Å². The summed E-state index contributed by atoms with van der Waals surface area (Å²) < 4.78 is 5.71. The molecular formula is C27H25N3O2S. The molecule has 2 aromatic heterocycles. The zero-order valence-corrected chi connectivity index (χ0v) is 19.7. The standard InChI is InChI=1S/C27H25N3O2S/c1-27(2,3)20-10-7-18(8-11-20)15-30-23-14-19(9-12-24(23)32-16-25(30)31)22-17-33-26(29-22)21-6-4-5-13-28-21/h4-14,17H,15-16H2,1-3H3. The molecule has 0 bridgehead atoms. The number of fused-ring (bicyclic) bond motifs is 1.